The molecule has 1 aromatic rings. The monoisotopic (exact) mass is 264 g/mol. The van der Waals surface area contributed by atoms with E-state index in [-0.39, 0.29) is 18.9 Å². The predicted molar refractivity (Wildman–Crippen MR) is 65.0 cm³/mol. The van der Waals surface area contributed by atoms with Gasteiger partial charge in [-0.15, -0.1) is 0 Å². The molecule has 0 radical (unpaired) electrons. The van der Waals surface area contributed by atoms with E-state index in [0.29, 0.717) is 17.2 Å². The van der Waals surface area contributed by atoms with Crippen molar-refractivity contribution in [2.24, 2.45) is 5.92 Å². The van der Waals surface area contributed by atoms with Gasteiger partial charge in [-0.3, -0.25) is 4.79 Å². The number of ether oxygens (including phenoxy) is 2. The number of carbonyl (C=O) groups is 2. The first-order valence-corrected chi connectivity index (χ1v) is 5.80. The number of anilines is 1. The Morgan fingerprint density at radius 1 is 1.32 bits per heavy atom. The Hall–Kier alpha value is -2.24. The molecule has 1 amide bonds. The summed E-state index contributed by atoms with van der Waals surface area (Å²) in [5, 5.41) is 10.8. The van der Waals surface area contributed by atoms with Crippen molar-refractivity contribution in [3.63, 3.8) is 0 Å². The van der Waals surface area contributed by atoms with Gasteiger partial charge in [-0.25, -0.2) is 0 Å². The normalized spacial score (nSPS) is 18.5. The van der Waals surface area contributed by atoms with Crippen molar-refractivity contribution >= 4 is 17.6 Å². The van der Waals surface area contributed by atoms with Crippen LogP contribution in [0.5, 0.6) is 11.5 Å². The number of nitrogens with zero attached hydrogens (tertiary/aromatic N) is 1. The highest BCUT2D eigenvalue weighted by molar-refractivity contribution is 5.99. The molecule has 1 aliphatic rings. The summed E-state index contributed by atoms with van der Waals surface area (Å²) in [6.45, 7) is 0.122. The number of carbonyl (C=O) groups excluding carboxylic acids is 2. The van der Waals surface area contributed by atoms with Crippen LogP contribution in [0.1, 0.15) is 6.42 Å². The minimum Gasteiger partial charge on any atom is -0.550 e. The molecule has 0 bridgehead atoms. The number of rotatable bonds is 4. The van der Waals surface area contributed by atoms with E-state index < -0.39 is 11.9 Å². The summed E-state index contributed by atoms with van der Waals surface area (Å²) in [5.41, 5.74) is 0.589. The minimum absolute atomic E-state index is 0.0311. The van der Waals surface area contributed by atoms with E-state index in [9.17, 15) is 14.7 Å². The van der Waals surface area contributed by atoms with Crippen LogP contribution in [0.25, 0.3) is 0 Å². The van der Waals surface area contributed by atoms with Gasteiger partial charge in [0.05, 0.1) is 14.2 Å². The molecular weight excluding hydrogens is 250 g/mol. The number of carboxylic acid groups (broad SMARTS) is 1. The van der Waals surface area contributed by atoms with Crippen molar-refractivity contribution in [1.29, 1.82) is 0 Å². The second-order valence-corrected chi connectivity index (χ2v) is 4.26. The fourth-order valence-electron chi connectivity index (χ4n) is 2.11. The van der Waals surface area contributed by atoms with Crippen LogP contribution in [0.15, 0.2) is 18.2 Å². The Kier molecular flexibility index (Phi) is 3.59. The van der Waals surface area contributed by atoms with Gasteiger partial charge in [-0.1, -0.05) is 0 Å². The van der Waals surface area contributed by atoms with Gasteiger partial charge >= 0.3 is 0 Å². The molecule has 0 saturated carbocycles. The average Bonchev–Trinajstić information content (AvgIpc) is 2.80. The Balaban J connectivity index is 2.27. The Bertz CT molecular complexity index is 514. The zero-order valence-electron chi connectivity index (χ0n) is 10.7. The van der Waals surface area contributed by atoms with E-state index in [1.807, 2.05) is 0 Å². The van der Waals surface area contributed by atoms with Crippen LogP contribution in [0.2, 0.25) is 0 Å². The Morgan fingerprint density at radius 2 is 2.00 bits per heavy atom. The molecular formula is C13H14NO5-. The lowest BCUT2D eigenvalue weighted by atomic mass is 10.1. The maximum Gasteiger partial charge on any atom is 0.227 e. The molecule has 1 atom stereocenters. The molecule has 19 heavy (non-hydrogen) atoms. The van der Waals surface area contributed by atoms with Crippen molar-refractivity contribution in [2.45, 2.75) is 6.42 Å². The molecule has 0 N–H and O–H groups in total. The summed E-state index contributed by atoms with van der Waals surface area (Å²) in [6.07, 6.45) is -0.0311. The van der Waals surface area contributed by atoms with Crippen molar-refractivity contribution in [1.82, 2.24) is 0 Å². The number of aliphatic carboxylic acids is 1. The molecule has 0 spiro atoms. The summed E-state index contributed by atoms with van der Waals surface area (Å²) < 4.78 is 10.3. The van der Waals surface area contributed by atoms with Gasteiger partial charge in [0, 0.05) is 36.6 Å². The van der Waals surface area contributed by atoms with E-state index in [2.05, 4.69) is 0 Å². The molecule has 1 heterocycles. The number of hydrogen-bond donors (Lipinski definition) is 0. The zero-order valence-corrected chi connectivity index (χ0v) is 10.7. The van der Waals surface area contributed by atoms with Crippen molar-refractivity contribution in [3.8, 4) is 11.5 Å². The van der Waals surface area contributed by atoms with Crippen LogP contribution >= 0.6 is 0 Å². The number of benzene rings is 1. The minimum atomic E-state index is -1.20. The van der Waals surface area contributed by atoms with Gasteiger partial charge in [0.25, 0.3) is 0 Å². The van der Waals surface area contributed by atoms with E-state index in [4.69, 9.17) is 9.47 Å². The third kappa shape index (κ3) is 2.47. The third-order valence-corrected chi connectivity index (χ3v) is 3.14. The van der Waals surface area contributed by atoms with Crippen LogP contribution in [-0.2, 0) is 9.59 Å². The van der Waals surface area contributed by atoms with Gasteiger partial charge in [0.1, 0.15) is 0 Å². The van der Waals surface area contributed by atoms with Crippen LogP contribution < -0.4 is 19.5 Å². The summed E-state index contributed by atoms with van der Waals surface area (Å²) >= 11 is 0. The lowest BCUT2D eigenvalue weighted by Crippen LogP contribution is -2.33. The van der Waals surface area contributed by atoms with E-state index in [1.165, 1.54) is 19.1 Å². The quantitative estimate of drug-likeness (QED) is 0.753. The number of carboxylic acids is 1. The van der Waals surface area contributed by atoms with Gasteiger partial charge in [0.2, 0.25) is 5.91 Å². The first-order valence-electron chi connectivity index (χ1n) is 5.80. The molecule has 0 aromatic heterocycles. The lowest BCUT2D eigenvalue weighted by Gasteiger charge is -2.18. The molecule has 2 rings (SSSR count). The smallest absolute Gasteiger partial charge is 0.227 e. The van der Waals surface area contributed by atoms with Crippen molar-refractivity contribution < 1.29 is 24.2 Å². The Labute approximate surface area is 110 Å². The first kappa shape index (κ1) is 13.2. The molecule has 1 fully saturated rings. The summed E-state index contributed by atoms with van der Waals surface area (Å²) in [4.78, 5) is 24.0. The number of hydrogen-bond acceptors (Lipinski definition) is 5. The average molecular weight is 264 g/mol. The Morgan fingerprint density at radius 3 is 2.53 bits per heavy atom. The summed E-state index contributed by atoms with van der Waals surface area (Å²) in [6, 6.07) is 5.01. The van der Waals surface area contributed by atoms with Crippen molar-refractivity contribution in [3.05, 3.63) is 18.2 Å². The van der Waals surface area contributed by atoms with Gasteiger partial charge in [0.15, 0.2) is 11.5 Å². The second-order valence-electron chi connectivity index (χ2n) is 4.26. The fraction of sp³-hybridized carbons (Fsp3) is 0.385. The van der Waals surface area contributed by atoms with Gasteiger partial charge in [-0.2, -0.15) is 0 Å². The summed E-state index contributed by atoms with van der Waals surface area (Å²) in [7, 11) is 3.02. The molecule has 6 heteroatoms. The summed E-state index contributed by atoms with van der Waals surface area (Å²) in [5.74, 6) is -1.16. The third-order valence-electron chi connectivity index (χ3n) is 3.14. The maximum atomic E-state index is 11.8. The molecule has 102 valence electrons. The van der Waals surface area contributed by atoms with Crippen molar-refractivity contribution in [2.75, 3.05) is 25.7 Å². The second kappa shape index (κ2) is 5.17. The number of methoxy groups -OCH3 is 2. The van der Waals surface area contributed by atoms with Crippen LogP contribution in [-0.4, -0.2) is 32.6 Å². The van der Waals surface area contributed by atoms with Gasteiger partial charge in [-0.05, 0) is 12.1 Å². The molecule has 0 unspecified atom stereocenters. The lowest BCUT2D eigenvalue weighted by molar-refractivity contribution is -0.310. The fourth-order valence-corrected chi connectivity index (χ4v) is 2.11. The highest BCUT2D eigenvalue weighted by Gasteiger charge is 2.31. The molecule has 1 aliphatic heterocycles. The largest absolute Gasteiger partial charge is 0.550 e. The standard InChI is InChI=1S/C13H15NO5/c1-18-10-4-3-9(6-11(10)19-2)14-7-8(13(16)17)5-12(14)15/h3-4,6,8H,5,7H2,1-2H3,(H,16,17)/p-1/t8-/m1/s1. The van der Waals surface area contributed by atoms with E-state index in [1.54, 1.807) is 18.2 Å². The molecule has 1 saturated heterocycles. The molecule has 1 aromatic carbocycles. The molecule has 6 nitrogen and oxygen atoms in total. The maximum absolute atomic E-state index is 11.8. The highest BCUT2D eigenvalue weighted by Crippen LogP contribution is 2.33. The van der Waals surface area contributed by atoms with Crippen LogP contribution in [0, 0.1) is 5.92 Å². The van der Waals surface area contributed by atoms with Gasteiger partial charge < -0.3 is 24.3 Å². The van der Waals surface area contributed by atoms with Crippen LogP contribution in [0.3, 0.4) is 0 Å². The topological polar surface area (TPSA) is 78.9 Å². The molecule has 0 aliphatic carbocycles. The SMILES string of the molecule is COc1ccc(N2C[C@H](C(=O)[O-])CC2=O)cc1OC. The van der Waals surface area contributed by atoms with Crippen LogP contribution in [0.4, 0.5) is 5.69 Å². The highest BCUT2D eigenvalue weighted by atomic mass is 16.5. The number of amides is 1. The predicted octanol–water partition coefficient (Wildman–Crippen LogP) is -0.193. The first-order chi connectivity index (χ1) is 9.06. The van der Waals surface area contributed by atoms with E-state index in [0.717, 1.165) is 0 Å². The van der Waals surface area contributed by atoms with E-state index >= 15 is 0 Å². The zero-order chi connectivity index (χ0) is 14.0.